The summed E-state index contributed by atoms with van der Waals surface area (Å²) in [6, 6.07) is 9.97. The molecule has 1 aromatic carbocycles. The first kappa shape index (κ1) is 12.1. The third-order valence-electron chi connectivity index (χ3n) is 2.90. The molecule has 3 nitrogen and oxygen atoms in total. The zero-order chi connectivity index (χ0) is 13.0. The summed E-state index contributed by atoms with van der Waals surface area (Å²) in [7, 11) is 0. The van der Waals surface area contributed by atoms with Crippen molar-refractivity contribution in [2.75, 3.05) is 5.32 Å². The Kier molecular flexibility index (Phi) is 3.59. The fourth-order valence-corrected chi connectivity index (χ4v) is 1.79. The topological polar surface area (TPSA) is 48.7 Å². The van der Waals surface area contributed by atoms with Gasteiger partial charge >= 0.3 is 0 Å². The second-order valence-electron chi connectivity index (χ2n) is 4.32. The van der Waals surface area contributed by atoms with Gasteiger partial charge in [-0.3, -0.25) is 4.98 Å². The lowest BCUT2D eigenvalue weighted by Crippen LogP contribution is -2.03. The van der Waals surface area contributed by atoms with E-state index >= 15 is 0 Å². The summed E-state index contributed by atoms with van der Waals surface area (Å²) in [5, 5.41) is 12.4. The Morgan fingerprint density at radius 1 is 1.28 bits per heavy atom. The minimum atomic E-state index is 0.673. The summed E-state index contributed by atoms with van der Waals surface area (Å²) in [6.45, 7) is 4.75. The fraction of sp³-hybridized carbons (Fsp3) is 0.200. The molecule has 0 unspecified atom stereocenters. The number of hydrogen-bond acceptors (Lipinski definition) is 3. The van der Waals surface area contributed by atoms with E-state index in [-0.39, 0.29) is 0 Å². The average molecular weight is 237 g/mol. The highest BCUT2D eigenvalue weighted by Crippen LogP contribution is 2.18. The van der Waals surface area contributed by atoms with Crippen LogP contribution in [0.2, 0.25) is 0 Å². The molecule has 0 saturated heterocycles. The van der Waals surface area contributed by atoms with Gasteiger partial charge in [0.15, 0.2) is 0 Å². The highest BCUT2D eigenvalue weighted by Gasteiger charge is 2.03. The second kappa shape index (κ2) is 5.33. The minimum Gasteiger partial charge on any atom is -0.380 e. The van der Waals surface area contributed by atoms with E-state index in [0.29, 0.717) is 12.1 Å². The van der Waals surface area contributed by atoms with E-state index < -0.39 is 0 Å². The summed E-state index contributed by atoms with van der Waals surface area (Å²) in [4.78, 5) is 4.07. The zero-order valence-electron chi connectivity index (χ0n) is 10.6. The Labute approximate surface area is 107 Å². The molecule has 0 atom stereocenters. The number of hydrogen-bond donors (Lipinski definition) is 1. The van der Waals surface area contributed by atoms with Gasteiger partial charge in [-0.05, 0) is 48.7 Å². The van der Waals surface area contributed by atoms with E-state index in [9.17, 15) is 0 Å². The van der Waals surface area contributed by atoms with Crippen molar-refractivity contribution in [1.82, 2.24) is 4.98 Å². The van der Waals surface area contributed by atoms with Crippen LogP contribution in [0.4, 0.5) is 5.69 Å². The number of aryl methyl sites for hydroxylation is 2. The third-order valence-corrected chi connectivity index (χ3v) is 2.90. The van der Waals surface area contributed by atoms with Crippen LogP contribution in [0, 0.1) is 25.2 Å². The molecular formula is C15H15N3. The first-order chi connectivity index (χ1) is 8.70. The lowest BCUT2D eigenvalue weighted by Gasteiger charge is -2.10. The fourth-order valence-electron chi connectivity index (χ4n) is 1.79. The van der Waals surface area contributed by atoms with Crippen molar-refractivity contribution in [3.63, 3.8) is 0 Å². The van der Waals surface area contributed by atoms with E-state index in [1.165, 1.54) is 5.56 Å². The molecule has 1 N–H and O–H groups in total. The molecule has 0 aliphatic carbocycles. The third kappa shape index (κ3) is 2.67. The van der Waals surface area contributed by atoms with Gasteiger partial charge in [0.25, 0.3) is 0 Å². The molecule has 2 rings (SSSR count). The number of nitrogens with one attached hydrogen (secondary N) is 1. The largest absolute Gasteiger partial charge is 0.380 e. The lowest BCUT2D eigenvalue weighted by molar-refractivity contribution is 1.09. The Hall–Kier alpha value is -2.34. The van der Waals surface area contributed by atoms with Crippen molar-refractivity contribution in [3.05, 3.63) is 58.9 Å². The first-order valence-corrected chi connectivity index (χ1v) is 5.85. The monoisotopic (exact) mass is 237 g/mol. The zero-order valence-corrected chi connectivity index (χ0v) is 10.6. The number of benzene rings is 1. The standard InChI is InChI=1S/C15H15N3/c1-11-3-4-13(8-16)15(7-11)18-10-14-5-6-17-9-12(14)2/h3-7,9,18H,10H2,1-2H3. The highest BCUT2D eigenvalue weighted by molar-refractivity contribution is 5.59. The van der Waals surface area contributed by atoms with E-state index in [4.69, 9.17) is 5.26 Å². The number of nitriles is 1. The molecule has 1 aromatic heterocycles. The van der Waals surface area contributed by atoms with Gasteiger partial charge in [0.05, 0.1) is 11.3 Å². The van der Waals surface area contributed by atoms with Crippen LogP contribution in [-0.2, 0) is 6.54 Å². The first-order valence-electron chi connectivity index (χ1n) is 5.85. The number of anilines is 1. The Bertz CT molecular complexity index is 597. The van der Waals surface area contributed by atoms with Gasteiger partial charge in [0, 0.05) is 18.9 Å². The van der Waals surface area contributed by atoms with E-state index in [0.717, 1.165) is 16.8 Å². The van der Waals surface area contributed by atoms with Crippen molar-refractivity contribution >= 4 is 5.69 Å². The molecule has 0 spiro atoms. The Morgan fingerprint density at radius 3 is 2.83 bits per heavy atom. The van der Waals surface area contributed by atoms with E-state index in [1.54, 1.807) is 6.20 Å². The summed E-state index contributed by atoms with van der Waals surface area (Å²) in [6.07, 6.45) is 3.63. The maximum absolute atomic E-state index is 9.06. The van der Waals surface area contributed by atoms with Gasteiger partial charge in [0.2, 0.25) is 0 Å². The maximum Gasteiger partial charge on any atom is 0.101 e. The predicted octanol–water partition coefficient (Wildman–Crippen LogP) is 3.18. The van der Waals surface area contributed by atoms with Gasteiger partial charge in [-0.2, -0.15) is 5.26 Å². The maximum atomic E-state index is 9.06. The molecule has 0 aliphatic rings. The molecule has 90 valence electrons. The van der Waals surface area contributed by atoms with E-state index in [2.05, 4.69) is 16.4 Å². The molecule has 0 amide bonds. The highest BCUT2D eigenvalue weighted by atomic mass is 14.9. The van der Waals surface area contributed by atoms with Crippen LogP contribution in [0.1, 0.15) is 22.3 Å². The van der Waals surface area contributed by atoms with Crippen molar-refractivity contribution in [3.8, 4) is 6.07 Å². The molecule has 0 fully saturated rings. The van der Waals surface area contributed by atoms with E-state index in [1.807, 2.05) is 44.3 Å². The number of aromatic nitrogens is 1. The van der Waals surface area contributed by atoms with Crippen molar-refractivity contribution in [2.45, 2.75) is 20.4 Å². The summed E-state index contributed by atoms with van der Waals surface area (Å²) >= 11 is 0. The predicted molar refractivity (Wildman–Crippen MR) is 72.2 cm³/mol. The molecule has 3 heteroatoms. The molecule has 0 radical (unpaired) electrons. The van der Waals surface area contributed by atoms with Crippen LogP contribution in [-0.4, -0.2) is 4.98 Å². The van der Waals surface area contributed by atoms with Gasteiger partial charge < -0.3 is 5.32 Å². The van der Waals surface area contributed by atoms with Gasteiger partial charge in [-0.15, -0.1) is 0 Å². The molecule has 2 aromatic rings. The summed E-state index contributed by atoms with van der Waals surface area (Å²) in [5.41, 5.74) is 5.04. The average Bonchev–Trinajstić information content (AvgIpc) is 2.38. The number of nitrogens with zero attached hydrogens (tertiary/aromatic N) is 2. The quantitative estimate of drug-likeness (QED) is 0.891. The summed E-state index contributed by atoms with van der Waals surface area (Å²) in [5.74, 6) is 0. The number of rotatable bonds is 3. The van der Waals surface area contributed by atoms with Crippen LogP contribution in [0.5, 0.6) is 0 Å². The number of pyridine rings is 1. The minimum absolute atomic E-state index is 0.673. The van der Waals surface area contributed by atoms with Gasteiger partial charge in [-0.25, -0.2) is 0 Å². The van der Waals surface area contributed by atoms with Crippen LogP contribution in [0.15, 0.2) is 36.7 Å². The molecular weight excluding hydrogens is 222 g/mol. The van der Waals surface area contributed by atoms with Crippen molar-refractivity contribution in [2.24, 2.45) is 0 Å². The molecule has 0 saturated carbocycles. The van der Waals surface area contributed by atoms with Crippen LogP contribution >= 0.6 is 0 Å². The lowest BCUT2D eigenvalue weighted by atomic mass is 10.1. The van der Waals surface area contributed by atoms with Crippen LogP contribution in [0.25, 0.3) is 0 Å². The normalized spacial score (nSPS) is 9.83. The Morgan fingerprint density at radius 2 is 2.11 bits per heavy atom. The van der Waals surface area contributed by atoms with Crippen molar-refractivity contribution < 1.29 is 0 Å². The van der Waals surface area contributed by atoms with Crippen LogP contribution in [0.3, 0.4) is 0 Å². The molecule has 18 heavy (non-hydrogen) atoms. The Balaban J connectivity index is 2.18. The SMILES string of the molecule is Cc1ccc(C#N)c(NCc2ccncc2C)c1. The molecule has 0 aliphatic heterocycles. The smallest absolute Gasteiger partial charge is 0.101 e. The second-order valence-corrected chi connectivity index (χ2v) is 4.32. The molecule has 1 heterocycles. The molecule has 0 bridgehead atoms. The van der Waals surface area contributed by atoms with Gasteiger partial charge in [-0.1, -0.05) is 6.07 Å². The van der Waals surface area contributed by atoms with Crippen molar-refractivity contribution in [1.29, 1.82) is 5.26 Å². The summed E-state index contributed by atoms with van der Waals surface area (Å²) < 4.78 is 0. The van der Waals surface area contributed by atoms with Crippen LogP contribution < -0.4 is 5.32 Å². The van der Waals surface area contributed by atoms with Gasteiger partial charge in [0.1, 0.15) is 6.07 Å².